The summed E-state index contributed by atoms with van der Waals surface area (Å²) in [6.45, 7) is 2.15. The minimum Gasteiger partial charge on any atom is -0.332 e. The zero-order valence-corrected chi connectivity index (χ0v) is 2.81. The van der Waals surface area contributed by atoms with Crippen molar-refractivity contribution < 1.29 is 0 Å². The Hall–Kier alpha value is -0.530. The molecule has 5 heavy (non-hydrogen) atoms. The standard InChI is InChI=1S/C3H4N2/c1-3-4-2-5(1)3/h1-2H2. The van der Waals surface area contributed by atoms with Gasteiger partial charge in [0.25, 0.3) is 0 Å². The molecular weight excluding hydrogens is 64.0 g/mol. The highest BCUT2D eigenvalue weighted by Gasteiger charge is 2.33. The number of rotatable bonds is 0. The molecular formula is C3H4N2. The molecule has 2 heterocycles. The van der Waals surface area contributed by atoms with Gasteiger partial charge in [0, 0.05) is 0 Å². The molecule has 2 heteroatoms. The fourth-order valence-electron chi connectivity index (χ4n) is 0.506. The van der Waals surface area contributed by atoms with Gasteiger partial charge in [-0.3, -0.25) is 0 Å². The molecule has 0 unspecified atom stereocenters. The Balaban J connectivity index is 2.58. The molecule has 0 amide bonds. The average molecular weight is 68.1 g/mol. The van der Waals surface area contributed by atoms with Crippen LogP contribution in [0.1, 0.15) is 0 Å². The van der Waals surface area contributed by atoms with Crippen molar-refractivity contribution in [3.05, 3.63) is 0 Å². The van der Waals surface area contributed by atoms with Crippen molar-refractivity contribution in [1.82, 2.24) is 4.90 Å². The van der Waals surface area contributed by atoms with E-state index in [-0.39, 0.29) is 0 Å². The van der Waals surface area contributed by atoms with Crippen molar-refractivity contribution in [2.45, 2.75) is 0 Å². The number of amidine groups is 1. The number of nitrogens with zero attached hydrogens (tertiary/aromatic N) is 2. The first-order chi connectivity index (χ1) is 2.47. The first-order valence-corrected chi connectivity index (χ1v) is 1.75. The van der Waals surface area contributed by atoms with Crippen LogP contribution in [0, 0.1) is 0 Å². The van der Waals surface area contributed by atoms with Gasteiger partial charge in [-0.1, -0.05) is 0 Å². The maximum absolute atomic E-state index is 3.99. The van der Waals surface area contributed by atoms with Gasteiger partial charge in [0.2, 0.25) is 0 Å². The third-order valence-corrected chi connectivity index (χ3v) is 1.02. The Morgan fingerprint density at radius 1 is 1.80 bits per heavy atom. The molecule has 0 aromatic rings. The van der Waals surface area contributed by atoms with E-state index in [1.165, 1.54) is 12.4 Å². The molecule has 1 fully saturated rings. The Morgan fingerprint density at radius 3 is 2.60 bits per heavy atom. The Labute approximate surface area is 30.1 Å². The largest absolute Gasteiger partial charge is 0.332 e. The lowest BCUT2D eigenvalue weighted by molar-refractivity contribution is 0.592. The summed E-state index contributed by atoms with van der Waals surface area (Å²) in [4.78, 5) is 6.21. The zero-order valence-electron chi connectivity index (χ0n) is 2.81. The van der Waals surface area contributed by atoms with Gasteiger partial charge >= 0.3 is 0 Å². The fourth-order valence-corrected chi connectivity index (χ4v) is 0.506. The minimum absolute atomic E-state index is 0.981. The van der Waals surface area contributed by atoms with Gasteiger partial charge in [-0.25, -0.2) is 4.99 Å². The van der Waals surface area contributed by atoms with Crippen LogP contribution in [0.25, 0.3) is 0 Å². The smallest absolute Gasteiger partial charge is 0.123 e. The minimum atomic E-state index is 0.981. The third-order valence-electron chi connectivity index (χ3n) is 1.02. The van der Waals surface area contributed by atoms with Gasteiger partial charge in [-0.2, -0.15) is 0 Å². The summed E-state index contributed by atoms with van der Waals surface area (Å²) in [6.07, 6.45) is 0. The molecule has 0 spiro atoms. The first-order valence-electron chi connectivity index (χ1n) is 1.75. The second kappa shape index (κ2) is 0.295. The normalized spacial score (nSPS) is 27.2. The number of hydrogen-bond donors (Lipinski definition) is 0. The second-order valence-corrected chi connectivity index (χ2v) is 1.41. The quantitative estimate of drug-likeness (QED) is 0.355. The summed E-state index contributed by atoms with van der Waals surface area (Å²) in [5.74, 6) is 1.31. The van der Waals surface area contributed by atoms with Gasteiger partial charge in [-0.05, 0) is 0 Å². The van der Waals surface area contributed by atoms with Crippen molar-refractivity contribution in [3.63, 3.8) is 0 Å². The zero-order chi connectivity index (χ0) is 3.28. The Kier molecular flexibility index (Phi) is 0.106. The van der Waals surface area contributed by atoms with Gasteiger partial charge in [0.15, 0.2) is 0 Å². The van der Waals surface area contributed by atoms with Gasteiger partial charge in [0.1, 0.15) is 12.5 Å². The molecule has 0 aromatic carbocycles. The van der Waals surface area contributed by atoms with Gasteiger partial charge in [0.05, 0.1) is 6.54 Å². The molecule has 2 aliphatic heterocycles. The molecule has 0 N–H and O–H groups in total. The molecule has 0 radical (unpaired) electrons. The van der Waals surface area contributed by atoms with Crippen LogP contribution in [0.15, 0.2) is 4.99 Å². The average Bonchev–Trinajstić information content (AvgIpc) is 1.74. The van der Waals surface area contributed by atoms with E-state index >= 15 is 0 Å². The van der Waals surface area contributed by atoms with Gasteiger partial charge in [-0.15, -0.1) is 0 Å². The van der Waals surface area contributed by atoms with E-state index in [4.69, 9.17) is 0 Å². The number of fused-ring (bicyclic) bond motifs is 1. The highest BCUT2D eigenvalue weighted by Crippen LogP contribution is 2.17. The van der Waals surface area contributed by atoms with Crippen LogP contribution in [-0.2, 0) is 0 Å². The van der Waals surface area contributed by atoms with Crippen LogP contribution < -0.4 is 0 Å². The summed E-state index contributed by atoms with van der Waals surface area (Å²) in [5, 5.41) is 0. The lowest BCUT2D eigenvalue weighted by Gasteiger charge is -1.98. The highest BCUT2D eigenvalue weighted by molar-refractivity contribution is 6.00. The lowest BCUT2D eigenvalue weighted by atomic mass is 10.8. The van der Waals surface area contributed by atoms with Gasteiger partial charge < -0.3 is 4.90 Å². The molecule has 0 aliphatic carbocycles. The van der Waals surface area contributed by atoms with E-state index in [1.54, 1.807) is 0 Å². The molecule has 2 rings (SSSR count). The van der Waals surface area contributed by atoms with Crippen LogP contribution >= 0.6 is 0 Å². The topological polar surface area (TPSA) is 15.4 Å². The lowest BCUT2D eigenvalue weighted by Crippen LogP contribution is -2.06. The molecule has 0 saturated carbocycles. The van der Waals surface area contributed by atoms with E-state index in [0.717, 1.165) is 6.67 Å². The molecule has 26 valence electrons. The Morgan fingerprint density at radius 2 is 2.60 bits per heavy atom. The van der Waals surface area contributed by atoms with E-state index in [2.05, 4.69) is 9.89 Å². The molecule has 0 aromatic heterocycles. The fraction of sp³-hybridized carbons (Fsp3) is 0.667. The van der Waals surface area contributed by atoms with Crippen molar-refractivity contribution in [1.29, 1.82) is 0 Å². The van der Waals surface area contributed by atoms with Crippen LogP contribution in [0.2, 0.25) is 0 Å². The second-order valence-electron chi connectivity index (χ2n) is 1.41. The van der Waals surface area contributed by atoms with Crippen molar-refractivity contribution in [2.24, 2.45) is 4.99 Å². The summed E-state index contributed by atoms with van der Waals surface area (Å²) in [5.41, 5.74) is 0. The number of aliphatic imine (C=N–C) groups is 1. The maximum Gasteiger partial charge on any atom is 0.123 e. The first kappa shape index (κ1) is 1.80. The van der Waals surface area contributed by atoms with Crippen molar-refractivity contribution in [2.75, 3.05) is 13.2 Å². The van der Waals surface area contributed by atoms with Crippen LogP contribution in [0.4, 0.5) is 0 Å². The summed E-state index contributed by atoms with van der Waals surface area (Å²) >= 11 is 0. The van der Waals surface area contributed by atoms with Crippen LogP contribution in [0.3, 0.4) is 0 Å². The van der Waals surface area contributed by atoms with E-state index in [0.29, 0.717) is 0 Å². The van der Waals surface area contributed by atoms with Crippen molar-refractivity contribution in [3.8, 4) is 0 Å². The predicted octanol–water partition coefficient (Wildman–Crippen LogP) is -0.328. The summed E-state index contributed by atoms with van der Waals surface area (Å²) in [6, 6.07) is 0. The Bertz CT molecular complexity index is 93.1. The molecule has 0 bridgehead atoms. The highest BCUT2D eigenvalue weighted by atomic mass is 15.5. The van der Waals surface area contributed by atoms with E-state index < -0.39 is 0 Å². The van der Waals surface area contributed by atoms with Crippen molar-refractivity contribution >= 4 is 5.84 Å². The summed E-state index contributed by atoms with van der Waals surface area (Å²) in [7, 11) is 0. The molecule has 2 nitrogen and oxygen atoms in total. The third kappa shape index (κ3) is 0.0684. The molecule has 2 aliphatic rings. The van der Waals surface area contributed by atoms with E-state index in [9.17, 15) is 0 Å². The summed E-state index contributed by atoms with van der Waals surface area (Å²) < 4.78 is 0. The molecule has 1 saturated heterocycles. The predicted molar refractivity (Wildman–Crippen MR) is 19.0 cm³/mol. The monoisotopic (exact) mass is 68.0 g/mol. The molecule has 0 atom stereocenters. The van der Waals surface area contributed by atoms with E-state index in [1.807, 2.05) is 0 Å². The number of hydrogen-bond acceptors (Lipinski definition) is 2. The van der Waals surface area contributed by atoms with Crippen LogP contribution in [0.5, 0.6) is 0 Å². The SMILES string of the molecule is C1N=C2CN12. The maximum atomic E-state index is 3.99. The van der Waals surface area contributed by atoms with Crippen LogP contribution in [-0.4, -0.2) is 23.9 Å².